The summed E-state index contributed by atoms with van der Waals surface area (Å²) in [5, 5.41) is 4.41. The van der Waals surface area contributed by atoms with Crippen LogP contribution in [0.15, 0.2) is 42.5 Å². The molecule has 1 heterocycles. The minimum atomic E-state index is -3.54. The zero-order valence-corrected chi connectivity index (χ0v) is 18.4. The van der Waals surface area contributed by atoms with E-state index in [9.17, 15) is 8.42 Å². The lowest BCUT2D eigenvalue weighted by atomic mass is 10.0. The molecule has 1 aromatic heterocycles. The van der Waals surface area contributed by atoms with Crippen LogP contribution in [0.25, 0.3) is 10.9 Å². The number of nitrogens with one attached hydrogen (secondary N) is 2. The fraction of sp³-hybridized carbons (Fsp3) is 0.318. The highest BCUT2D eigenvalue weighted by Gasteiger charge is 2.27. The number of rotatable bonds is 6. The van der Waals surface area contributed by atoms with Gasteiger partial charge in [-0.3, -0.25) is 4.72 Å². The average Bonchev–Trinajstić information content (AvgIpc) is 3.13. The number of ether oxygens (including phenoxy) is 1. The van der Waals surface area contributed by atoms with Gasteiger partial charge in [0.05, 0.1) is 24.4 Å². The maximum atomic E-state index is 12.0. The molecule has 30 heavy (non-hydrogen) atoms. The van der Waals surface area contributed by atoms with Gasteiger partial charge in [-0.25, -0.2) is 4.98 Å². The highest BCUT2D eigenvalue weighted by atomic mass is 32.2. The van der Waals surface area contributed by atoms with Crippen molar-refractivity contribution in [2.45, 2.75) is 25.8 Å². The summed E-state index contributed by atoms with van der Waals surface area (Å²) in [7, 11) is 1.13. The topological polar surface area (TPSA) is 83.6 Å². The number of methoxy groups -OCH3 is 1. The van der Waals surface area contributed by atoms with Crippen LogP contribution in [0, 0.1) is 6.92 Å². The van der Waals surface area contributed by atoms with Gasteiger partial charge in [0.15, 0.2) is 0 Å². The third-order valence-corrected chi connectivity index (χ3v) is 7.00. The lowest BCUT2D eigenvalue weighted by molar-refractivity contribution is 0.408. The number of fused-ring (bicyclic) bond motifs is 2. The summed E-state index contributed by atoms with van der Waals surface area (Å²) < 4.78 is 33.4. The molecule has 1 aliphatic rings. The van der Waals surface area contributed by atoms with E-state index >= 15 is 0 Å². The fourth-order valence-electron chi connectivity index (χ4n) is 3.91. The van der Waals surface area contributed by atoms with Crippen molar-refractivity contribution in [3.8, 4) is 5.75 Å². The molecular formula is C22H26N4O3S. The molecule has 0 bridgehead atoms. The van der Waals surface area contributed by atoms with Gasteiger partial charge in [-0.2, -0.15) is 12.7 Å². The van der Waals surface area contributed by atoms with E-state index in [1.807, 2.05) is 24.3 Å². The number of nitrogens with zero attached hydrogens (tertiary/aromatic N) is 2. The van der Waals surface area contributed by atoms with Crippen LogP contribution in [0.2, 0.25) is 0 Å². The van der Waals surface area contributed by atoms with Gasteiger partial charge in [0, 0.05) is 25.0 Å². The first-order valence-electron chi connectivity index (χ1n) is 9.82. The average molecular weight is 427 g/mol. The Morgan fingerprint density at radius 1 is 1.13 bits per heavy atom. The van der Waals surface area contributed by atoms with E-state index < -0.39 is 10.2 Å². The standard InChI is InChI=1S/C22H26N4O3S/c1-14-5-11-20(29-4)22-17(14)8-10-19(22)24-21-12-6-15-13-16(7-9-18(15)23-21)25-30(27,28)26(2)3/h5-7,9,11-13,19,25H,8,10H2,1-4H3,(H,23,24). The summed E-state index contributed by atoms with van der Waals surface area (Å²) in [4.78, 5) is 4.72. The Morgan fingerprint density at radius 3 is 2.67 bits per heavy atom. The van der Waals surface area contributed by atoms with Gasteiger partial charge >= 0.3 is 10.2 Å². The van der Waals surface area contributed by atoms with Crippen LogP contribution in [0.4, 0.5) is 11.5 Å². The van der Waals surface area contributed by atoms with Crippen molar-refractivity contribution in [2.75, 3.05) is 31.2 Å². The molecule has 1 unspecified atom stereocenters. The third kappa shape index (κ3) is 3.80. The van der Waals surface area contributed by atoms with E-state index in [2.05, 4.69) is 23.0 Å². The summed E-state index contributed by atoms with van der Waals surface area (Å²) in [6.45, 7) is 2.14. The molecule has 0 fully saturated rings. The SMILES string of the molecule is COc1ccc(C)c2c1C(Nc1ccc3cc(NS(=O)(=O)N(C)C)ccc3n1)CC2. The smallest absolute Gasteiger partial charge is 0.301 e. The largest absolute Gasteiger partial charge is 0.496 e. The molecule has 2 N–H and O–H groups in total. The minimum Gasteiger partial charge on any atom is -0.496 e. The van der Waals surface area contributed by atoms with Crippen LogP contribution in [0.3, 0.4) is 0 Å². The first kappa shape index (κ1) is 20.4. The quantitative estimate of drug-likeness (QED) is 0.625. The lowest BCUT2D eigenvalue weighted by Gasteiger charge is -2.18. The van der Waals surface area contributed by atoms with Crippen molar-refractivity contribution in [2.24, 2.45) is 0 Å². The first-order valence-corrected chi connectivity index (χ1v) is 11.3. The molecule has 3 aromatic rings. The van der Waals surface area contributed by atoms with Gasteiger partial charge in [-0.1, -0.05) is 6.07 Å². The summed E-state index contributed by atoms with van der Waals surface area (Å²) in [5.74, 6) is 1.69. The van der Waals surface area contributed by atoms with Crippen molar-refractivity contribution >= 4 is 32.6 Å². The Kier molecular flexibility index (Phi) is 5.29. The molecular weight excluding hydrogens is 400 g/mol. The second-order valence-electron chi connectivity index (χ2n) is 7.71. The van der Waals surface area contributed by atoms with Crippen molar-refractivity contribution < 1.29 is 13.2 Å². The molecule has 0 amide bonds. The van der Waals surface area contributed by atoms with Crippen LogP contribution in [0.5, 0.6) is 5.75 Å². The van der Waals surface area contributed by atoms with E-state index in [1.165, 1.54) is 30.8 Å². The normalized spacial score (nSPS) is 16.0. The zero-order valence-electron chi connectivity index (χ0n) is 17.6. The number of hydrogen-bond donors (Lipinski definition) is 2. The predicted octanol–water partition coefficient (Wildman–Crippen LogP) is 3.87. The number of aryl methyl sites for hydroxylation is 1. The maximum Gasteiger partial charge on any atom is 0.301 e. The Labute approximate surface area is 177 Å². The third-order valence-electron chi connectivity index (χ3n) is 5.54. The van der Waals surface area contributed by atoms with Crippen LogP contribution < -0.4 is 14.8 Å². The highest BCUT2D eigenvalue weighted by Crippen LogP contribution is 2.41. The zero-order chi connectivity index (χ0) is 21.5. The highest BCUT2D eigenvalue weighted by molar-refractivity contribution is 7.90. The number of aromatic nitrogens is 1. The van der Waals surface area contributed by atoms with Crippen molar-refractivity contribution in [3.63, 3.8) is 0 Å². The van der Waals surface area contributed by atoms with E-state index in [-0.39, 0.29) is 6.04 Å². The Morgan fingerprint density at radius 2 is 1.93 bits per heavy atom. The van der Waals surface area contributed by atoms with E-state index in [1.54, 1.807) is 19.2 Å². The molecule has 0 spiro atoms. The molecule has 1 atom stereocenters. The summed E-state index contributed by atoms with van der Waals surface area (Å²) in [6, 6.07) is 13.5. The Balaban J connectivity index is 1.59. The number of benzene rings is 2. The Bertz CT molecular complexity index is 1210. The van der Waals surface area contributed by atoms with Gasteiger partial charge in [0.25, 0.3) is 0 Å². The molecule has 8 heteroatoms. The summed E-state index contributed by atoms with van der Waals surface area (Å²) in [6.07, 6.45) is 2.00. The molecule has 1 aliphatic carbocycles. The van der Waals surface area contributed by atoms with Crippen LogP contribution in [-0.2, 0) is 16.6 Å². The molecule has 0 saturated carbocycles. The second-order valence-corrected chi connectivity index (χ2v) is 9.59. The molecule has 158 valence electrons. The minimum absolute atomic E-state index is 0.144. The van der Waals surface area contributed by atoms with E-state index in [4.69, 9.17) is 9.72 Å². The van der Waals surface area contributed by atoms with Crippen LogP contribution in [0.1, 0.15) is 29.2 Å². The number of pyridine rings is 1. The van der Waals surface area contributed by atoms with E-state index in [0.717, 1.165) is 39.6 Å². The van der Waals surface area contributed by atoms with Crippen molar-refractivity contribution in [1.29, 1.82) is 0 Å². The number of hydrogen-bond acceptors (Lipinski definition) is 5. The lowest BCUT2D eigenvalue weighted by Crippen LogP contribution is -2.28. The molecule has 0 saturated heterocycles. The van der Waals surface area contributed by atoms with Crippen LogP contribution >= 0.6 is 0 Å². The predicted molar refractivity (Wildman–Crippen MR) is 120 cm³/mol. The van der Waals surface area contributed by atoms with E-state index in [0.29, 0.717) is 5.69 Å². The van der Waals surface area contributed by atoms with Gasteiger partial charge < -0.3 is 10.1 Å². The maximum absolute atomic E-state index is 12.0. The molecule has 7 nitrogen and oxygen atoms in total. The summed E-state index contributed by atoms with van der Waals surface area (Å²) >= 11 is 0. The summed E-state index contributed by atoms with van der Waals surface area (Å²) in [5.41, 5.74) is 5.15. The monoisotopic (exact) mass is 426 g/mol. The molecule has 0 radical (unpaired) electrons. The molecule has 2 aromatic carbocycles. The second kappa shape index (κ2) is 7.77. The number of anilines is 2. The molecule has 0 aliphatic heterocycles. The van der Waals surface area contributed by atoms with Crippen LogP contribution in [-0.4, -0.2) is 38.9 Å². The van der Waals surface area contributed by atoms with Crippen molar-refractivity contribution in [3.05, 3.63) is 59.2 Å². The van der Waals surface area contributed by atoms with Gasteiger partial charge in [0.2, 0.25) is 0 Å². The van der Waals surface area contributed by atoms with Gasteiger partial charge in [-0.15, -0.1) is 0 Å². The molecule has 4 rings (SSSR count). The first-order chi connectivity index (χ1) is 14.3. The van der Waals surface area contributed by atoms with Crippen molar-refractivity contribution in [1.82, 2.24) is 9.29 Å². The van der Waals surface area contributed by atoms with Gasteiger partial charge in [-0.05, 0) is 67.3 Å². The Hall–Kier alpha value is -2.84. The fourth-order valence-corrected chi connectivity index (χ4v) is 4.52. The van der Waals surface area contributed by atoms with Gasteiger partial charge in [0.1, 0.15) is 11.6 Å².